The predicted molar refractivity (Wildman–Crippen MR) is 76.8 cm³/mol. The molecule has 1 aromatic heterocycles. The number of aryl methyl sites for hydroxylation is 1. The van der Waals surface area contributed by atoms with Gasteiger partial charge in [-0.25, -0.2) is 8.42 Å². The molecule has 5 nitrogen and oxygen atoms in total. The van der Waals surface area contributed by atoms with Crippen LogP contribution in [0, 0.1) is 6.92 Å². The van der Waals surface area contributed by atoms with Crippen molar-refractivity contribution in [2.45, 2.75) is 19.2 Å². The van der Waals surface area contributed by atoms with E-state index in [-0.39, 0.29) is 12.3 Å². The minimum absolute atomic E-state index is 0.0719. The third-order valence-corrected chi connectivity index (χ3v) is 4.83. The monoisotopic (exact) mass is 314 g/mol. The minimum Gasteiger partial charge on any atom is -0.361 e. The summed E-state index contributed by atoms with van der Waals surface area (Å²) in [7, 11) is -1.88. The largest absolute Gasteiger partial charge is 0.361 e. The molecule has 0 saturated carbocycles. The molecule has 0 aliphatic heterocycles. The molecular formula is C13H15ClN2O3S. The van der Waals surface area contributed by atoms with E-state index in [0.29, 0.717) is 22.0 Å². The van der Waals surface area contributed by atoms with Crippen LogP contribution in [0.5, 0.6) is 0 Å². The predicted octanol–water partition coefficient (Wildman–Crippen LogP) is 2.60. The van der Waals surface area contributed by atoms with Crippen molar-refractivity contribution in [1.29, 1.82) is 0 Å². The van der Waals surface area contributed by atoms with Crippen molar-refractivity contribution >= 4 is 21.6 Å². The van der Waals surface area contributed by atoms with Crippen LogP contribution < -0.4 is 0 Å². The van der Waals surface area contributed by atoms with Crippen LogP contribution in [-0.2, 0) is 22.3 Å². The van der Waals surface area contributed by atoms with Crippen molar-refractivity contribution in [2.75, 3.05) is 7.05 Å². The quantitative estimate of drug-likeness (QED) is 0.851. The first-order valence-electron chi connectivity index (χ1n) is 5.97. The van der Waals surface area contributed by atoms with Crippen LogP contribution in [0.1, 0.15) is 17.0 Å². The molecule has 0 saturated heterocycles. The normalized spacial score (nSPS) is 12.0. The van der Waals surface area contributed by atoms with Crippen LogP contribution in [0.4, 0.5) is 0 Å². The van der Waals surface area contributed by atoms with Crippen LogP contribution >= 0.6 is 11.6 Å². The summed E-state index contributed by atoms with van der Waals surface area (Å²) < 4.78 is 30.6. The Morgan fingerprint density at radius 2 is 1.95 bits per heavy atom. The molecular weight excluding hydrogens is 300 g/mol. The number of rotatable bonds is 5. The zero-order valence-electron chi connectivity index (χ0n) is 11.2. The number of sulfonamides is 1. The Balaban J connectivity index is 2.07. The fraction of sp³-hybridized carbons (Fsp3) is 0.308. The lowest BCUT2D eigenvalue weighted by atomic mass is 10.2. The third-order valence-electron chi connectivity index (χ3n) is 2.80. The molecule has 0 atom stereocenters. The van der Waals surface area contributed by atoms with Gasteiger partial charge in [-0.15, -0.1) is 0 Å². The molecule has 2 rings (SSSR count). The zero-order valence-corrected chi connectivity index (χ0v) is 12.8. The number of nitrogens with zero attached hydrogens (tertiary/aromatic N) is 2. The van der Waals surface area contributed by atoms with Gasteiger partial charge in [0.15, 0.2) is 0 Å². The van der Waals surface area contributed by atoms with Gasteiger partial charge in [-0.05, 0) is 24.6 Å². The van der Waals surface area contributed by atoms with E-state index in [1.54, 1.807) is 37.3 Å². The van der Waals surface area contributed by atoms with E-state index in [2.05, 4.69) is 5.16 Å². The molecule has 0 N–H and O–H groups in total. The molecule has 20 heavy (non-hydrogen) atoms. The summed E-state index contributed by atoms with van der Waals surface area (Å²) in [5.74, 6) is 0.584. The smallest absolute Gasteiger partial charge is 0.218 e. The van der Waals surface area contributed by atoms with Crippen molar-refractivity contribution in [3.63, 3.8) is 0 Å². The van der Waals surface area contributed by atoms with E-state index >= 15 is 0 Å². The standard InChI is InChI=1S/C13H15ClN2O3S/c1-10-7-13(15-19-10)8-16(2)20(17,18)9-11-3-5-12(14)6-4-11/h3-7H,8-9H2,1-2H3. The topological polar surface area (TPSA) is 63.4 Å². The van der Waals surface area contributed by atoms with Gasteiger partial charge >= 0.3 is 0 Å². The molecule has 0 aliphatic carbocycles. The highest BCUT2D eigenvalue weighted by Gasteiger charge is 2.20. The first-order valence-corrected chi connectivity index (χ1v) is 7.96. The number of hydrogen-bond donors (Lipinski definition) is 0. The highest BCUT2D eigenvalue weighted by Crippen LogP contribution is 2.15. The highest BCUT2D eigenvalue weighted by atomic mass is 35.5. The van der Waals surface area contributed by atoms with Crippen molar-refractivity contribution in [3.05, 3.63) is 52.4 Å². The average Bonchev–Trinajstić information content (AvgIpc) is 2.77. The van der Waals surface area contributed by atoms with Crippen molar-refractivity contribution in [3.8, 4) is 0 Å². The summed E-state index contributed by atoms with van der Waals surface area (Å²) in [4.78, 5) is 0. The second kappa shape index (κ2) is 5.95. The number of aromatic nitrogens is 1. The molecule has 0 radical (unpaired) electrons. The first kappa shape index (κ1) is 15.0. The van der Waals surface area contributed by atoms with E-state index < -0.39 is 10.0 Å². The van der Waals surface area contributed by atoms with Crippen LogP contribution in [0.25, 0.3) is 0 Å². The SMILES string of the molecule is Cc1cc(CN(C)S(=O)(=O)Cc2ccc(Cl)cc2)no1. The number of benzene rings is 1. The molecule has 7 heteroatoms. The second-order valence-corrected chi connectivity index (χ2v) is 7.08. The molecule has 0 aliphatic rings. The third kappa shape index (κ3) is 3.82. The summed E-state index contributed by atoms with van der Waals surface area (Å²) in [6.07, 6.45) is 0. The summed E-state index contributed by atoms with van der Waals surface area (Å²) >= 11 is 5.78. The Kier molecular flexibility index (Phi) is 4.47. The maximum Gasteiger partial charge on any atom is 0.218 e. The van der Waals surface area contributed by atoms with Gasteiger partial charge in [-0.3, -0.25) is 0 Å². The average molecular weight is 315 g/mol. The second-order valence-electron chi connectivity index (χ2n) is 4.57. The van der Waals surface area contributed by atoms with E-state index in [9.17, 15) is 8.42 Å². The molecule has 0 fully saturated rings. The van der Waals surface area contributed by atoms with Crippen LogP contribution in [0.3, 0.4) is 0 Å². The van der Waals surface area contributed by atoms with Crippen LogP contribution in [-0.4, -0.2) is 24.9 Å². The maximum atomic E-state index is 12.2. The summed E-state index contributed by atoms with van der Waals surface area (Å²) in [6.45, 7) is 1.95. The van der Waals surface area contributed by atoms with E-state index in [4.69, 9.17) is 16.1 Å². The summed E-state index contributed by atoms with van der Waals surface area (Å²) in [5, 5.41) is 4.37. The molecule has 0 amide bonds. The number of halogens is 1. The molecule has 0 bridgehead atoms. The maximum absolute atomic E-state index is 12.2. The van der Waals surface area contributed by atoms with Gasteiger partial charge in [0.1, 0.15) is 5.76 Å². The van der Waals surface area contributed by atoms with E-state index in [1.165, 1.54) is 11.4 Å². The zero-order chi connectivity index (χ0) is 14.8. The van der Waals surface area contributed by atoms with Gasteiger partial charge in [0.05, 0.1) is 18.0 Å². The highest BCUT2D eigenvalue weighted by molar-refractivity contribution is 7.88. The Morgan fingerprint density at radius 1 is 1.30 bits per heavy atom. The van der Waals surface area contributed by atoms with E-state index in [1.807, 2.05) is 0 Å². The fourth-order valence-electron chi connectivity index (χ4n) is 1.72. The lowest BCUT2D eigenvalue weighted by molar-refractivity contribution is 0.378. The van der Waals surface area contributed by atoms with Gasteiger partial charge in [-0.2, -0.15) is 4.31 Å². The summed E-state index contributed by atoms with van der Waals surface area (Å²) in [5.41, 5.74) is 1.28. The lowest BCUT2D eigenvalue weighted by Gasteiger charge is -2.15. The Labute approximate surface area is 123 Å². The van der Waals surface area contributed by atoms with Gasteiger partial charge in [-0.1, -0.05) is 28.9 Å². The van der Waals surface area contributed by atoms with Crippen molar-refractivity contribution in [2.24, 2.45) is 0 Å². The molecule has 0 spiro atoms. The van der Waals surface area contributed by atoms with E-state index in [0.717, 1.165) is 0 Å². The first-order chi connectivity index (χ1) is 9.37. The van der Waals surface area contributed by atoms with Crippen molar-refractivity contribution < 1.29 is 12.9 Å². The van der Waals surface area contributed by atoms with Crippen molar-refractivity contribution in [1.82, 2.24) is 9.46 Å². The van der Waals surface area contributed by atoms with Gasteiger partial charge in [0.2, 0.25) is 10.0 Å². The molecule has 108 valence electrons. The molecule has 0 unspecified atom stereocenters. The van der Waals surface area contributed by atoms with Gasteiger partial charge in [0, 0.05) is 18.1 Å². The van der Waals surface area contributed by atoms with Gasteiger partial charge in [0.25, 0.3) is 0 Å². The van der Waals surface area contributed by atoms with Gasteiger partial charge < -0.3 is 4.52 Å². The molecule has 1 heterocycles. The molecule has 1 aromatic carbocycles. The fourth-order valence-corrected chi connectivity index (χ4v) is 3.01. The van der Waals surface area contributed by atoms with Crippen LogP contribution in [0.15, 0.2) is 34.9 Å². The number of hydrogen-bond acceptors (Lipinski definition) is 4. The Hall–Kier alpha value is -1.37. The summed E-state index contributed by atoms with van der Waals surface area (Å²) in [6, 6.07) is 8.47. The van der Waals surface area contributed by atoms with Crippen LogP contribution in [0.2, 0.25) is 5.02 Å². The lowest BCUT2D eigenvalue weighted by Crippen LogP contribution is -2.27. The Bertz CT molecular complexity index is 680. The Morgan fingerprint density at radius 3 is 2.50 bits per heavy atom. The molecule has 2 aromatic rings. The minimum atomic E-state index is -3.41.